The summed E-state index contributed by atoms with van der Waals surface area (Å²) in [6, 6.07) is 8.22. The van der Waals surface area contributed by atoms with Crippen LogP contribution in [0.5, 0.6) is 0 Å². The molecule has 1 heterocycles. The fourth-order valence-corrected chi connectivity index (χ4v) is 3.27. The zero-order valence-corrected chi connectivity index (χ0v) is 12.3. The molecule has 118 valence electrons. The van der Waals surface area contributed by atoms with E-state index in [1.54, 1.807) is 0 Å². The summed E-state index contributed by atoms with van der Waals surface area (Å²) in [7, 11) is 1.25. The monoisotopic (exact) mass is 305 g/mol. The lowest BCUT2D eigenvalue weighted by Gasteiger charge is -2.35. The third-order valence-electron chi connectivity index (χ3n) is 4.57. The Balaban J connectivity index is 1.70. The summed E-state index contributed by atoms with van der Waals surface area (Å²) in [5.74, 6) is -0.660. The molecule has 1 aromatic rings. The third kappa shape index (κ3) is 2.43. The Morgan fingerprint density at radius 3 is 2.59 bits per heavy atom. The fraction of sp³-hybridized carbons (Fsp3) is 0.500. The highest BCUT2D eigenvalue weighted by molar-refractivity contribution is 5.83. The Morgan fingerprint density at radius 2 is 2.00 bits per heavy atom. The number of esters is 1. The molecule has 3 rings (SSSR count). The number of hydrogen-bond acceptors (Lipinski definition) is 5. The molecule has 6 nitrogen and oxygen atoms in total. The van der Waals surface area contributed by atoms with Crippen molar-refractivity contribution in [2.45, 2.75) is 37.6 Å². The van der Waals surface area contributed by atoms with Crippen LogP contribution in [0.2, 0.25) is 0 Å². The number of likely N-dealkylation sites (tertiary alicyclic amines) is 1. The molecule has 1 aliphatic carbocycles. The van der Waals surface area contributed by atoms with Gasteiger partial charge in [0.05, 0.1) is 13.2 Å². The van der Waals surface area contributed by atoms with Gasteiger partial charge in [0.2, 0.25) is 0 Å². The van der Waals surface area contributed by atoms with E-state index in [1.807, 2.05) is 30.3 Å². The van der Waals surface area contributed by atoms with Gasteiger partial charge < -0.3 is 14.6 Å². The van der Waals surface area contributed by atoms with Gasteiger partial charge in [-0.3, -0.25) is 4.90 Å². The molecule has 0 spiro atoms. The zero-order valence-electron chi connectivity index (χ0n) is 12.3. The van der Waals surface area contributed by atoms with Crippen LogP contribution in [-0.4, -0.2) is 47.4 Å². The number of ether oxygens (including phenoxy) is 2. The minimum Gasteiger partial charge on any atom is -0.467 e. The third-order valence-corrected chi connectivity index (χ3v) is 4.57. The van der Waals surface area contributed by atoms with Crippen molar-refractivity contribution in [2.24, 2.45) is 5.92 Å². The molecular weight excluding hydrogens is 286 g/mol. The molecule has 1 N–H and O–H groups in total. The predicted molar refractivity (Wildman–Crippen MR) is 76.8 cm³/mol. The number of aliphatic hydroxyl groups is 1. The number of hydrogen-bond donors (Lipinski definition) is 1. The Morgan fingerprint density at radius 1 is 1.27 bits per heavy atom. The molecule has 0 bridgehead atoms. The second-order valence-corrected chi connectivity index (χ2v) is 5.71. The van der Waals surface area contributed by atoms with Gasteiger partial charge in [-0.05, 0) is 18.4 Å². The molecule has 2 unspecified atom stereocenters. The van der Waals surface area contributed by atoms with Crippen LogP contribution in [0, 0.1) is 5.92 Å². The lowest BCUT2D eigenvalue weighted by Crippen LogP contribution is -2.49. The first-order valence-corrected chi connectivity index (χ1v) is 7.38. The Bertz CT molecular complexity index is 561. The zero-order chi connectivity index (χ0) is 15.7. The summed E-state index contributed by atoms with van der Waals surface area (Å²) in [4.78, 5) is 25.6. The molecule has 0 aromatic heterocycles. The van der Waals surface area contributed by atoms with Gasteiger partial charge in [0.1, 0.15) is 6.61 Å². The minimum atomic E-state index is -0.967. The van der Waals surface area contributed by atoms with Crippen molar-refractivity contribution in [3.8, 4) is 0 Å². The number of benzene rings is 1. The van der Waals surface area contributed by atoms with Crippen molar-refractivity contribution in [1.29, 1.82) is 0 Å². The minimum absolute atomic E-state index is 0.0617. The molecular formula is C16H19NO5. The normalized spacial score (nSPS) is 29.5. The van der Waals surface area contributed by atoms with Gasteiger partial charge in [0.25, 0.3) is 0 Å². The van der Waals surface area contributed by atoms with Gasteiger partial charge in [-0.1, -0.05) is 30.3 Å². The summed E-state index contributed by atoms with van der Waals surface area (Å²) < 4.78 is 10.0. The average molecular weight is 305 g/mol. The van der Waals surface area contributed by atoms with Gasteiger partial charge in [-0.25, -0.2) is 9.59 Å². The lowest BCUT2D eigenvalue weighted by atomic mass is 9.78. The molecule has 2 fully saturated rings. The first kappa shape index (κ1) is 14.8. The van der Waals surface area contributed by atoms with E-state index >= 15 is 0 Å². The first-order chi connectivity index (χ1) is 10.6. The molecule has 6 heteroatoms. The van der Waals surface area contributed by atoms with Crippen molar-refractivity contribution in [1.82, 2.24) is 4.90 Å². The molecule has 1 aromatic carbocycles. The van der Waals surface area contributed by atoms with Crippen LogP contribution < -0.4 is 0 Å². The van der Waals surface area contributed by atoms with E-state index in [0.717, 1.165) is 18.4 Å². The van der Waals surface area contributed by atoms with Crippen LogP contribution in [0.3, 0.4) is 0 Å². The number of nitrogens with zero attached hydrogens (tertiary/aromatic N) is 1. The van der Waals surface area contributed by atoms with Gasteiger partial charge in [0.15, 0.2) is 6.04 Å². The van der Waals surface area contributed by atoms with Crippen molar-refractivity contribution < 1.29 is 24.2 Å². The van der Waals surface area contributed by atoms with E-state index < -0.39 is 24.2 Å². The first-order valence-electron chi connectivity index (χ1n) is 7.38. The summed E-state index contributed by atoms with van der Waals surface area (Å²) in [5, 5.41) is 10.2. The van der Waals surface area contributed by atoms with Crippen LogP contribution in [-0.2, 0) is 20.9 Å². The number of rotatable bonds is 3. The highest BCUT2D eigenvalue weighted by Gasteiger charge is 2.58. The molecule has 1 aliphatic heterocycles. The van der Waals surface area contributed by atoms with Crippen LogP contribution >= 0.6 is 0 Å². The molecule has 0 radical (unpaired) electrons. The summed E-state index contributed by atoms with van der Waals surface area (Å²) in [6.45, 7) is 0.136. The van der Waals surface area contributed by atoms with Gasteiger partial charge >= 0.3 is 12.1 Å². The highest BCUT2D eigenvalue weighted by Crippen LogP contribution is 2.44. The number of fused-ring (bicyclic) bond motifs is 1. The SMILES string of the molecule is COC(=O)C1C(O)[C@H]2CC[C@H]2N1C(=O)OCc1ccccc1. The summed E-state index contributed by atoms with van der Waals surface area (Å²) >= 11 is 0. The maximum Gasteiger partial charge on any atom is 0.411 e. The Labute approximate surface area is 128 Å². The molecule has 2 aliphatic rings. The van der Waals surface area contributed by atoms with Crippen LogP contribution in [0.4, 0.5) is 4.79 Å². The van der Waals surface area contributed by atoms with E-state index in [4.69, 9.17) is 9.47 Å². The van der Waals surface area contributed by atoms with Crippen LogP contribution in [0.15, 0.2) is 30.3 Å². The molecule has 1 saturated carbocycles. The quantitative estimate of drug-likeness (QED) is 0.852. The topological polar surface area (TPSA) is 76.1 Å². The summed E-state index contributed by atoms with van der Waals surface area (Å²) in [5.41, 5.74) is 0.871. The molecule has 22 heavy (non-hydrogen) atoms. The van der Waals surface area contributed by atoms with Crippen molar-refractivity contribution in [3.05, 3.63) is 35.9 Å². The van der Waals surface area contributed by atoms with E-state index in [9.17, 15) is 14.7 Å². The largest absolute Gasteiger partial charge is 0.467 e. The van der Waals surface area contributed by atoms with Crippen molar-refractivity contribution in [3.63, 3.8) is 0 Å². The fourth-order valence-electron chi connectivity index (χ4n) is 3.27. The predicted octanol–water partition coefficient (Wildman–Crippen LogP) is 1.32. The van der Waals surface area contributed by atoms with E-state index in [-0.39, 0.29) is 18.6 Å². The maximum atomic E-state index is 12.4. The Kier molecular flexibility index (Phi) is 4.02. The van der Waals surface area contributed by atoms with Crippen LogP contribution in [0.25, 0.3) is 0 Å². The second-order valence-electron chi connectivity index (χ2n) is 5.71. The molecule has 1 amide bonds. The molecule has 4 atom stereocenters. The van der Waals surface area contributed by atoms with Crippen molar-refractivity contribution >= 4 is 12.1 Å². The number of methoxy groups -OCH3 is 1. The summed E-state index contributed by atoms with van der Waals surface area (Å²) in [6.07, 6.45) is 0.123. The van der Waals surface area contributed by atoms with Gasteiger partial charge in [0, 0.05) is 12.0 Å². The number of carbonyl (C=O) groups is 2. The van der Waals surface area contributed by atoms with Gasteiger partial charge in [-0.2, -0.15) is 0 Å². The van der Waals surface area contributed by atoms with Gasteiger partial charge in [-0.15, -0.1) is 0 Å². The van der Waals surface area contributed by atoms with E-state index in [0.29, 0.717) is 0 Å². The Hall–Kier alpha value is -2.08. The standard InChI is InChI=1S/C16H19NO5/c1-21-15(19)13-14(18)11-7-8-12(11)17(13)16(20)22-9-10-5-3-2-4-6-10/h2-6,11-14,18H,7-9H2,1H3/t11-,12+,13?,14?/m0/s1. The van der Waals surface area contributed by atoms with E-state index in [2.05, 4.69) is 0 Å². The highest BCUT2D eigenvalue weighted by atomic mass is 16.6. The van der Waals surface area contributed by atoms with Crippen LogP contribution in [0.1, 0.15) is 18.4 Å². The second kappa shape index (κ2) is 5.96. The van der Waals surface area contributed by atoms with Crippen molar-refractivity contribution in [2.75, 3.05) is 7.11 Å². The number of aliphatic hydroxyl groups excluding tert-OH is 1. The smallest absolute Gasteiger partial charge is 0.411 e. The number of carbonyl (C=O) groups excluding carboxylic acids is 2. The maximum absolute atomic E-state index is 12.4. The molecule has 1 saturated heterocycles. The lowest BCUT2D eigenvalue weighted by molar-refractivity contribution is -0.148. The van der Waals surface area contributed by atoms with E-state index in [1.165, 1.54) is 12.0 Å². The number of amides is 1. The average Bonchev–Trinajstić information content (AvgIpc) is 2.70.